The normalized spacial score (nSPS) is 33.6. The Kier molecular flexibility index (Phi) is 22.2. The van der Waals surface area contributed by atoms with Crippen LogP contribution >= 0.6 is 31.3 Å². The zero-order valence-electron chi connectivity index (χ0n) is 36.6. The van der Waals surface area contributed by atoms with Crippen LogP contribution in [0.1, 0.15) is 61.7 Å². The third-order valence-corrected chi connectivity index (χ3v) is 14.4. The fraction of sp³-hybridized carbons (Fsp3) is 0.636. The van der Waals surface area contributed by atoms with Gasteiger partial charge in [0.1, 0.15) is 54.9 Å². The van der Waals surface area contributed by atoms with Crippen molar-refractivity contribution in [3.63, 3.8) is 0 Å². The number of ether oxygens (including phenoxy) is 3. The van der Waals surface area contributed by atoms with Crippen molar-refractivity contribution in [1.29, 1.82) is 0 Å². The van der Waals surface area contributed by atoms with E-state index in [1.165, 1.54) is 0 Å². The van der Waals surface area contributed by atoms with Crippen LogP contribution in [0.25, 0.3) is 0 Å². The summed E-state index contributed by atoms with van der Waals surface area (Å²) in [5.41, 5.74) is -12.6. The first kappa shape index (κ1) is 70.0. The Morgan fingerprint density at radius 1 is 0.526 bits per heavy atom. The maximum Gasteiger partial charge on any atom is 0.490 e. The Morgan fingerprint density at radius 2 is 0.816 bits per heavy atom. The average molecular weight is 1200 g/mol. The summed E-state index contributed by atoms with van der Waals surface area (Å²) >= 11 is 0. The maximum atomic E-state index is 15.1. The fourth-order valence-corrected chi connectivity index (χ4v) is 10.0. The van der Waals surface area contributed by atoms with Gasteiger partial charge in [0, 0.05) is 36.8 Å². The van der Waals surface area contributed by atoms with Crippen molar-refractivity contribution in [2.75, 3.05) is 19.8 Å². The first-order valence-corrected chi connectivity index (χ1v) is 25.3. The molecule has 6 rings (SSSR count). The number of nitrogens with one attached hydrogen (secondary N) is 3. The van der Waals surface area contributed by atoms with E-state index in [9.17, 15) is 91.3 Å². The predicted molar refractivity (Wildman–Crippen MR) is 241 cm³/mol. The van der Waals surface area contributed by atoms with Crippen LogP contribution < -0.4 is 33.7 Å². The van der Waals surface area contributed by atoms with E-state index in [2.05, 4.69) is 17.7 Å². The highest BCUT2D eigenvalue weighted by Crippen LogP contribution is 2.66. The largest absolute Gasteiger partial charge is 0.490 e. The number of H-pyrrole nitrogens is 3. The number of rotatable bonds is 14. The van der Waals surface area contributed by atoms with Crippen LogP contribution in [0.2, 0.25) is 0 Å². The molecule has 0 amide bonds. The van der Waals surface area contributed by atoms with E-state index in [-0.39, 0.29) is 22.3 Å². The average Bonchev–Trinajstić information content (AvgIpc) is 3.62. The molecule has 14 atom stereocenters. The SMILES string of the molecule is C.C.C.C[C@]1(O)[C@H](n2ccc(=O)[nH]c2=O)O[C@](F)(CO)[C@H]1O.C[C@]1(O)[C@H](n2ccc(=O)[nH]c2=O)O[C@](F)(COP(=O)(O)O)[C@H]1O.C[C@]1(O)[C@H](n2ccc(=O)[nH]c2=O)O[C@](F)(COP(=O)(O)OP(=O)(O)OP(=O)(O)O)[C@H]1O. The van der Waals surface area contributed by atoms with Crippen LogP contribution in [0.3, 0.4) is 0 Å². The van der Waals surface area contributed by atoms with Gasteiger partial charge >= 0.3 is 48.4 Å². The van der Waals surface area contributed by atoms with E-state index in [0.717, 1.165) is 62.1 Å². The molecule has 3 aromatic rings. The van der Waals surface area contributed by atoms with Gasteiger partial charge in [0.25, 0.3) is 34.2 Å². The number of hydrogen-bond donors (Lipinski definition) is 16. The van der Waals surface area contributed by atoms with Crippen molar-refractivity contribution < 1.29 is 128 Å². The molecule has 43 heteroatoms. The molecule has 0 spiro atoms. The molecule has 3 aromatic heterocycles. The van der Waals surface area contributed by atoms with E-state index >= 15 is 4.39 Å². The Balaban J connectivity index is 0.000000576. The fourth-order valence-electron chi connectivity index (χ4n) is 6.67. The molecule has 2 unspecified atom stereocenters. The van der Waals surface area contributed by atoms with Gasteiger partial charge in [-0.25, -0.2) is 45.8 Å². The minimum absolute atomic E-state index is 0. The number of phosphoric acid groups is 4. The van der Waals surface area contributed by atoms with Gasteiger partial charge in [0.2, 0.25) is 0 Å². The maximum absolute atomic E-state index is 15.1. The molecule has 3 fully saturated rings. The Labute approximate surface area is 421 Å². The number of aliphatic hydroxyl groups excluding tert-OH is 4. The van der Waals surface area contributed by atoms with Crippen molar-refractivity contribution in [1.82, 2.24) is 28.7 Å². The van der Waals surface area contributed by atoms with Crippen molar-refractivity contribution in [2.45, 2.75) is 114 Å². The first-order valence-electron chi connectivity index (χ1n) is 19.2. The second-order valence-corrected chi connectivity index (χ2v) is 21.7. The molecule has 3 saturated heterocycles. The highest BCUT2D eigenvalue weighted by Gasteiger charge is 2.66. The lowest BCUT2D eigenvalue weighted by atomic mass is 9.95. The molecule has 36 nitrogen and oxygen atoms in total. The van der Waals surface area contributed by atoms with Crippen molar-refractivity contribution in [3.05, 3.63) is 99.3 Å². The number of halogens is 3. The minimum atomic E-state index is -5.89. The number of alkyl halides is 3. The molecule has 76 heavy (non-hydrogen) atoms. The third kappa shape index (κ3) is 15.8. The van der Waals surface area contributed by atoms with E-state index in [1.807, 2.05) is 9.97 Å². The number of aromatic amines is 3. The summed E-state index contributed by atoms with van der Waals surface area (Å²) < 4.78 is 119. The molecule has 0 radical (unpaired) electrons. The van der Waals surface area contributed by atoms with Crippen molar-refractivity contribution in [2.24, 2.45) is 0 Å². The highest BCUT2D eigenvalue weighted by molar-refractivity contribution is 7.66. The van der Waals surface area contributed by atoms with Crippen LogP contribution in [-0.2, 0) is 50.1 Å². The zero-order valence-corrected chi connectivity index (χ0v) is 40.1. The Morgan fingerprint density at radius 3 is 1.08 bits per heavy atom. The molecule has 6 heterocycles. The Bertz CT molecular complexity index is 3080. The van der Waals surface area contributed by atoms with E-state index in [0.29, 0.717) is 9.13 Å². The minimum Gasteiger partial charge on any atom is -0.390 e. The predicted octanol–water partition coefficient (Wildman–Crippen LogP) is -4.12. The number of phosphoric ester groups is 2. The van der Waals surface area contributed by atoms with Gasteiger partial charge in [-0.3, -0.25) is 52.1 Å². The molecule has 0 aliphatic carbocycles. The van der Waals surface area contributed by atoms with Gasteiger partial charge in [-0.1, -0.05) is 22.3 Å². The summed E-state index contributed by atoms with van der Waals surface area (Å²) in [6, 6.07) is 2.68. The molecule has 16 N–H and O–H groups in total. The third-order valence-electron chi connectivity index (χ3n) is 10.1. The van der Waals surface area contributed by atoms with Crippen LogP contribution in [-0.4, -0.2) is 166 Å². The first-order chi connectivity index (χ1) is 32.9. The van der Waals surface area contributed by atoms with E-state index in [1.54, 1.807) is 4.98 Å². The summed E-state index contributed by atoms with van der Waals surface area (Å²) in [5, 5.41) is 69.1. The topological polar surface area (TPSA) is 560 Å². The molecule has 438 valence electrons. The molecule has 0 saturated carbocycles. The lowest BCUT2D eigenvalue weighted by molar-refractivity contribution is -0.207. The summed E-state index contributed by atoms with van der Waals surface area (Å²) in [7, 11) is -22.4. The van der Waals surface area contributed by atoms with Crippen LogP contribution in [0, 0.1) is 0 Å². The van der Waals surface area contributed by atoms with Gasteiger partial charge in [-0.05, 0) is 20.8 Å². The standard InChI is InChI=1S/C10H16FN2O15P3.C10H14FN2O9P.C10H13FN2O6.3CH4/c1-9(17)6(15)10(11,26-7(9)13-3-2-5(14)12-8(13)16)4-25-30(21,22)28-31(23,24)27-29(18,19)20;1-9(17)6(15)10(11,4-21-23(18,19)20)22-7(9)13-3-2-5(14)12-8(13)16;1-9(18)6(16)10(11,4-14)19-7(9)13-3-2-5(15)12-8(13)17;;;/h2-3,6-7,15,17H,4H2,1H3,(H,21,22)(H,23,24)(H,12,14,16)(H2,18,19,20);2-3,6-7,15,17H,4H2,1H3,(H,12,14,16)(H2,18,19,20);2-3,6-7,14,16,18H,4H2,1H3,(H,12,15,17);3*1H4/t3*6-,7+,9+,10+;;;/m000.../s1. The molecule has 3 aliphatic rings. The second kappa shape index (κ2) is 24.1. The van der Waals surface area contributed by atoms with Gasteiger partial charge in [0.15, 0.2) is 18.7 Å². The summed E-state index contributed by atoms with van der Waals surface area (Å²) in [5.74, 6) is -9.64. The highest BCUT2D eigenvalue weighted by atomic mass is 31.3. The molecule has 0 bridgehead atoms. The van der Waals surface area contributed by atoms with Gasteiger partial charge in [0.05, 0.1) is 0 Å². The van der Waals surface area contributed by atoms with E-state index in [4.69, 9.17) is 43.8 Å². The number of aliphatic hydroxyl groups is 7. The number of aromatic nitrogens is 6. The number of hydrogen-bond acceptors (Lipinski definition) is 24. The van der Waals surface area contributed by atoms with E-state index < -0.39 is 156 Å². The molecular weight excluding hydrogens is 1140 g/mol. The van der Waals surface area contributed by atoms with Gasteiger partial charge in [-0.2, -0.15) is 8.62 Å². The lowest BCUT2D eigenvalue weighted by Crippen LogP contribution is -2.50. The Hall–Kier alpha value is -4.05. The van der Waals surface area contributed by atoms with Gasteiger partial charge < -0.3 is 79.3 Å². The quantitative estimate of drug-likeness (QED) is 0.0682. The van der Waals surface area contributed by atoms with Crippen LogP contribution in [0.5, 0.6) is 0 Å². The summed E-state index contributed by atoms with van der Waals surface area (Å²) in [6.45, 7) is -1.55. The molecule has 0 aromatic carbocycles. The van der Waals surface area contributed by atoms with Gasteiger partial charge in [-0.15, -0.1) is 0 Å². The zero-order chi connectivity index (χ0) is 56.1. The monoisotopic (exact) mass is 1200 g/mol. The smallest absolute Gasteiger partial charge is 0.390 e. The van der Waals surface area contributed by atoms with Crippen molar-refractivity contribution in [3.8, 4) is 0 Å². The lowest BCUT2D eigenvalue weighted by Gasteiger charge is -2.27. The summed E-state index contributed by atoms with van der Waals surface area (Å²) in [6.07, 6.45) is -9.60. The summed E-state index contributed by atoms with van der Waals surface area (Å²) in [4.78, 5) is 126. The molecular formula is C33H55F3N6O30P4. The molecule has 3 aliphatic heterocycles. The second-order valence-electron chi connectivity index (χ2n) is 16.0. The van der Waals surface area contributed by atoms with Crippen LogP contribution in [0.4, 0.5) is 13.2 Å². The van der Waals surface area contributed by atoms with Crippen molar-refractivity contribution >= 4 is 31.3 Å². The van der Waals surface area contributed by atoms with Crippen LogP contribution in [0.15, 0.2) is 65.6 Å². The number of nitrogens with zero attached hydrogens (tertiary/aromatic N) is 3.